The van der Waals surface area contributed by atoms with Crippen LogP contribution in [0.3, 0.4) is 0 Å². The van der Waals surface area contributed by atoms with Crippen molar-refractivity contribution in [3.63, 3.8) is 0 Å². The molecule has 0 atom stereocenters. The minimum Gasteiger partial charge on any atom is -0.310 e. The molecule has 0 aliphatic heterocycles. The number of amides is 1. The highest BCUT2D eigenvalue weighted by atomic mass is 32.2. The summed E-state index contributed by atoms with van der Waals surface area (Å²) in [4.78, 5) is 12.4. The quantitative estimate of drug-likeness (QED) is 0.898. The molecule has 0 spiro atoms. The molecule has 0 radical (unpaired) electrons. The molecule has 1 amide bonds. The standard InChI is InChI=1S/C15H27N3O3S/c1-8-9-22(20,21)15(5,6)13(19)16-12-10-11(14(2,3)4)17-18(12)7/h10H,8-9H2,1-7H3,(H,16,19). The lowest BCUT2D eigenvalue weighted by Gasteiger charge is -2.23. The van der Waals surface area contributed by atoms with Crippen LogP contribution >= 0.6 is 0 Å². The van der Waals surface area contributed by atoms with Gasteiger partial charge in [-0.3, -0.25) is 9.48 Å². The van der Waals surface area contributed by atoms with Crippen molar-refractivity contribution in [3.8, 4) is 0 Å². The van der Waals surface area contributed by atoms with E-state index in [0.717, 1.165) is 5.69 Å². The van der Waals surface area contributed by atoms with Gasteiger partial charge in [-0.1, -0.05) is 27.7 Å². The Morgan fingerprint density at radius 1 is 1.27 bits per heavy atom. The molecular formula is C15H27N3O3S. The molecule has 22 heavy (non-hydrogen) atoms. The van der Waals surface area contributed by atoms with Crippen LogP contribution in [0.25, 0.3) is 0 Å². The van der Waals surface area contributed by atoms with Crippen molar-refractivity contribution in [2.45, 2.75) is 58.1 Å². The van der Waals surface area contributed by atoms with Gasteiger partial charge >= 0.3 is 0 Å². The van der Waals surface area contributed by atoms with Gasteiger partial charge in [-0.15, -0.1) is 0 Å². The Hall–Kier alpha value is -1.37. The Labute approximate surface area is 133 Å². The van der Waals surface area contributed by atoms with Crippen molar-refractivity contribution in [2.24, 2.45) is 7.05 Å². The second kappa shape index (κ2) is 6.02. The first kappa shape index (κ1) is 18.7. The molecule has 7 heteroatoms. The number of aryl methyl sites for hydroxylation is 1. The van der Waals surface area contributed by atoms with Crippen LogP contribution in [0.1, 0.15) is 53.7 Å². The maximum absolute atomic E-state index is 12.4. The van der Waals surface area contributed by atoms with E-state index in [1.165, 1.54) is 13.8 Å². The average molecular weight is 329 g/mol. The number of hydrogen-bond donors (Lipinski definition) is 1. The Balaban J connectivity index is 3.06. The summed E-state index contributed by atoms with van der Waals surface area (Å²) >= 11 is 0. The summed E-state index contributed by atoms with van der Waals surface area (Å²) in [5, 5.41) is 7.06. The van der Waals surface area contributed by atoms with Crippen LogP contribution in [0.4, 0.5) is 5.82 Å². The molecule has 1 aromatic rings. The van der Waals surface area contributed by atoms with Crippen LogP contribution in [0, 0.1) is 0 Å². The van der Waals surface area contributed by atoms with Gasteiger partial charge in [0.25, 0.3) is 0 Å². The van der Waals surface area contributed by atoms with Crippen LogP contribution < -0.4 is 5.32 Å². The van der Waals surface area contributed by atoms with E-state index < -0.39 is 20.5 Å². The summed E-state index contributed by atoms with van der Waals surface area (Å²) in [6.45, 7) is 10.7. The van der Waals surface area contributed by atoms with Gasteiger partial charge in [0.15, 0.2) is 9.84 Å². The number of sulfone groups is 1. The minimum absolute atomic E-state index is 0.00789. The van der Waals surface area contributed by atoms with Crippen molar-refractivity contribution < 1.29 is 13.2 Å². The molecule has 1 N–H and O–H groups in total. The normalized spacial score (nSPS) is 13.2. The van der Waals surface area contributed by atoms with E-state index in [1.807, 2.05) is 20.8 Å². The maximum Gasteiger partial charge on any atom is 0.246 e. The molecule has 126 valence electrons. The van der Waals surface area contributed by atoms with Gasteiger partial charge in [0.2, 0.25) is 5.91 Å². The first-order valence-electron chi connectivity index (χ1n) is 7.41. The summed E-state index contributed by atoms with van der Waals surface area (Å²) in [5.41, 5.74) is 0.685. The fourth-order valence-corrected chi connectivity index (χ4v) is 3.26. The fraction of sp³-hybridized carbons (Fsp3) is 0.733. The first-order chi connectivity index (χ1) is 9.83. The topological polar surface area (TPSA) is 81.1 Å². The number of aromatic nitrogens is 2. The van der Waals surface area contributed by atoms with E-state index >= 15 is 0 Å². The smallest absolute Gasteiger partial charge is 0.246 e. The number of anilines is 1. The lowest BCUT2D eigenvalue weighted by atomic mass is 9.92. The molecule has 0 aliphatic rings. The van der Waals surface area contributed by atoms with Crippen molar-refractivity contribution in [2.75, 3.05) is 11.1 Å². The van der Waals surface area contributed by atoms with E-state index in [1.54, 1.807) is 24.7 Å². The Bertz CT molecular complexity index is 652. The molecule has 0 unspecified atom stereocenters. The lowest BCUT2D eigenvalue weighted by molar-refractivity contribution is -0.117. The summed E-state index contributed by atoms with van der Waals surface area (Å²) in [6.07, 6.45) is 0.485. The minimum atomic E-state index is -3.51. The summed E-state index contributed by atoms with van der Waals surface area (Å²) in [5.74, 6) is -0.0504. The fourth-order valence-electron chi connectivity index (χ4n) is 1.88. The highest BCUT2D eigenvalue weighted by Crippen LogP contribution is 2.25. The van der Waals surface area contributed by atoms with Crippen molar-refractivity contribution in [1.82, 2.24) is 9.78 Å². The van der Waals surface area contributed by atoms with E-state index in [-0.39, 0.29) is 11.2 Å². The number of carbonyl (C=O) groups is 1. The molecule has 1 aromatic heterocycles. The molecule has 0 fully saturated rings. The van der Waals surface area contributed by atoms with Crippen molar-refractivity contribution in [1.29, 1.82) is 0 Å². The lowest BCUT2D eigenvalue weighted by Crippen LogP contribution is -2.45. The predicted octanol–water partition coefficient (Wildman–Crippen LogP) is 2.26. The number of hydrogen-bond acceptors (Lipinski definition) is 4. The van der Waals surface area contributed by atoms with Crippen molar-refractivity contribution in [3.05, 3.63) is 11.8 Å². The van der Waals surface area contributed by atoms with Gasteiger partial charge in [-0.05, 0) is 20.3 Å². The Kier molecular flexibility index (Phi) is 5.11. The third-order valence-corrected chi connectivity index (χ3v) is 6.37. The molecule has 0 aromatic carbocycles. The Morgan fingerprint density at radius 3 is 2.23 bits per heavy atom. The SMILES string of the molecule is CCCS(=O)(=O)C(C)(C)C(=O)Nc1cc(C(C)(C)C)nn1C. The van der Waals surface area contributed by atoms with Gasteiger partial charge in [0.1, 0.15) is 10.6 Å². The summed E-state index contributed by atoms with van der Waals surface area (Å²) in [6, 6.07) is 1.78. The van der Waals surface area contributed by atoms with Crippen LogP contribution in [-0.2, 0) is 27.1 Å². The van der Waals surface area contributed by atoms with Gasteiger partial charge in [-0.25, -0.2) is 8.42 Å². The molecule has 1 heterocycles. The molecule has 0 saturated carbocycles. The zero-order chi connectivity index (χ0) is 17.3. The zero-order valence-corrected chi connectivity index (χ0v) is 15.3. The average Bonchev–Trinajstić information content (AvgIpc) is 2.70. The Morgan fingerprint density at radius 2 is 1.82 bits per heavy atom. The van der Waals surface area contributed by atoms with Crippen LogP contribution in [0.5, 0.6) is 0 Å². The first-order valence-corrected chi connectivity index (χ1v) is 9.06. The number of rotatable bonds is 5. The molecule has 6 nitrogen and oxygen atoms in total. The summed E-state index contributed by atoms with van der Waals surface area (Å²) < 4.78 is 24.6. The highest BCUT2D eigenvalue weighted by Gasteiger charge is 2.41. The maximum atomic E-state index is 12.4. The van der Waals surface area contributed by atoms with E-state index in [4.69, 9.17) is 0 Å². The molecular weight excluding hydrogens is 302 g/mol. The van der Waals surface area contributed by atoms with Gasteiger partial charge < -0.3 is 5.32 Å². The second-order valence-electron chi connectivity index (χ2n) is 7.07. The van der Waals surface area contributed by atoms with Crippen molar-refractivity contribution >= 4 is 21.6 Å². The van der Waals surface area contributed by atoms with Crippen LogP contribution in [-0.4, -0.2) is 34.6 Å². The molecule has 0 aliphatic carbocycles. The monoisotopic (exact) mass is 329 g/mol. The largest absolute Gasteiger partial charge is 0.310 e. The molecule has 0 saturated heterocycles. The van der Waals surface area contributed by atoms with Gasteiger partial charge in [0.05, 0.1) is 11.4 Å². The third kappa shape index (κ3) is 3.69. The summed E-state index contributed by atoms with van der Waals surface area (Å²) in [7, 11) is -1.78. The third-order valence-electron chi connectivity index (χ3n) is 3.69. The van der Waals surface area contributed by atoms with Crippen LogP contribution in [0.15, 0.2) is 6.07 Å². The van der Waals surface area contributed by atoms with E-state index in [9.17, 15) is 13.2 Å². The van der Waals surface area contributed by atoms with Gasteiger partial charge in [-0.2, -0.15) is 5.10 Å². The highest BCUT2D eigenvalue weighted by molar-refractivity contribution is 7.93. The number of nitrogens with zero attached hydrogens (tertiary/aromatic N) is 2. The molecule has 0 bridgehead atoms. The van der Waals surface area contributed by atoms with Gasteiger partial charge in [0, 0.05) is 18.5 Å². The zero-order valence-electron chi connectivity index (χ0n) is 14.5. The number of carbonyl (C=O) groups excluding carboxylic acids is 1. The van der Waals surface area contributed by atoms with Crippen LogP contribution in [0.2, 0.25) is 0 Å². The van der Waals surface area contributed by atoms with E-state index in [2.05, 4.69) is 10.4 Å². The second-order valence-corrected chi connectivity index (χ2v) is 9.73. The molecule has 1 rings (SSSR count). The number of nitrogens with one attached hydrogen (secondary N) is 1. The van der Waals surface area contributed by atoms with E-state index in [0.29, 0.717) is 12.2 Å². The predicted molar refractivity (Wildman–Crippen MR) is 88.7 cm³/mol.